The molecule has 0 aromatic rings. The van der Waals surface area contributed by atoms with Crippen LogP contribution in [0.15, 0.2) is 0 Å². The molecule has 0 bridgehead atoms. The van der Waals surface area contributed by atoms with E-state index < -0.39 is 12.1 Å². The average Bonchev–Trinajstić information content (AvgIpc) is 3.17. The fourth-order valence-corrected chi connectivity index (χ4v) is 5.83. The maximum atomic E-state index is 7.90. The van der Waals surface area contributed by atoms with E-state index in [1.807, 2.05) is 0 Å². The molecular formula is C10H22N3O2PS. The van der Waals surface area contributed by atoms with E-state index in [1.54, 1.807) is 20.8 Å². The Morgan fingerprint density at radius 1 is 0.941 bits per heavy atom. The summed E-state index contributed by atoms with van der Waals surface area (Å²) in [5.41, 5.74) is -0.403. The molecule has 0 spiro atoms. The highest BCUT2D eigenvalue weighted by atomic mass is 32.4. The monoisotopic (exact) mass is 279 g/mol. The van der Waals surface area contributed by atoms with E-state index >= 15 is 0 Å². The Hall–Kier alpha value is 0.450. The number of hydrogen-bond acceptors (Lipinski definition) is 3. The van der Waals surface area contributed by atoms with Crippen LogP contribution in [0.3, 0.4) is 0 Å². The second-order valence-electron chi connectivity index (χ2n) is 5.58. The summed E-state index contributed by atoms with van der Waals surface area (Å²) in [6.07, 6.45) is 0. The van der Waals surface area contributed by atoms with Crippen LogP contribution in [0.1, 0.15) is 20.8 Å². The van der Waals surface area contributed by atoms with Crippen LogP contribution >= 0.6 is 6.49 Å². The zero-order valence-electron chi connectivity index (χ0n) is 10.8. The van der Waals surface area contributed by atoms with E-state index in [2.05, 4.69) is 18.9 Å². The van der Waals surface area contributed by atoms with E-state index in [1.165, 1.54) is 39.3 Å². The Balaban J connectivity index is 0.000000157. The first-order chi connectivity index (χ1) is 7.88. The van der Waals surface area contributed by atoms with Gasteiger partial charge in [-0.15, -0.1) is 0 Å². The third kappa shape index (κ3) is 3.70. The average molecular weight is 279 g/mol. The fourth-order valence-electron chi connectivity index (χ4n) is 1.45. The van der Waals surface area contributed by atoms with Crippen molar-refractivity contribution in [3.8, 4) is 0 Å². The minimum Gasteiger partial charge on any atom is -0.251 e. The Morgan fingerprint density at radius 2 is 1.18 bits per heavy atom. The predicted molar refractivity (Wildman–Crippen MR) is 72.5 cm³/mol. The van der Waals surface area contributed by atoms with Crippen LogP contribution in [0.2, 0.25) is 0 Å². The molecule has 17 heavy (non-hydrogen) atoms. The van der Waals surface area contributed by atoms with Gasteiger partial charge in [-0.1, -0.05) is 0 Å². The summed E-state index contributed by atoms with van der Waals surface area (Å²) in [5, 5.41) is 7.90. The van der Waals surface area contributed by atoms with Crippen molar-refractivity contribution in [2.45, 2.75) is 26.4 Å². The third-order valence-electron chi connectivity index (χ3n) is 2.65. The summed E-state index contributed by atoms with van der Waals surface area (Å²) in [7, 11) is 0. The summed E-state index contributed by atoms with van der Waals surface area (Å²) in [6, 6.07) is 0. The van der Waals surface area contributed by atoms with Crippen LogP contribution in [-0.2, 0) is 16.7 Å². The van der Waals surface area contributed by atoms with Crippen molar-refractivity contribution in [3.63, 3.8) is 0 Å². The number of rotatable bonds is 3. The van der Waals surface area contributed by atoms with E-state index in [0.29, 0.717) is 0 Å². The molecule has 0 atom stereocenters. The van der Waals surface area contributed by atoms with Crippen LogP contribution in [0.25, 0.3) is 0 Å². The Bertz CT molecular complexity index is 284. The van der Waals surface area contributed by atoms with E-state index in [-0.39, 0.29) is 0 Å². The molecule has 7 heteroatoms. The molecule has 100 valence electrons. The van der Waals surface area contributed by atoms with Gasteiger partial charge in [0.2, 0.25) is 0 Å². The minimum atomic E-state index is -1.27. The molecule has 0 amide bonds. The van der Waals surface area contributed by atoms with Gasteiger partial charge in [0.15, 0.2) is 0 Å². The Labute approximate surface area is 108 Å². The fraction of sp³-hybridized carbons (Fsp3) is 1.00. The van der Waals surface area contributed by atoms with Crippen LogP contribution in [0, 0.1) is 0 Å². The molecule has 0 radical (unpaired) electrons. The molecule has 3 aliphatic heterocycles. The number of nitrogens with zero attached hydrogens (tertiary/aromatic N) is 3. The van der Waals surface area contributed by atoms with Crippen molar-refractivity contribution >= 4 is 18.3 Å². The lowest BCUT2D eigenvalue weighted by atomic mass is 10.2. The highest BCUT2D eigenvalue weighted by Gasteiger charge is 2.50. The second kappa shape index (κ2) is 4.85. The van der Waals surface area contributed by atoms with Gasteiger partial charge in [-0.3, -0.25) is 5.26 Å². The van der Waals surface area contributed by atoms with Gasteiger partial charge in [0, 0.05) is 39.3 Å². The standard InChI is InChI=1S/C6H12N3PS.C4H10O2/c11-10(7-1-2-7,8-3-4-8)9-5-6-9;1-4(2,3)6-5/h1-6H2;5H,1-3H3. The van der Waals surface area contributed by atoms with Gasteiger partial charge in [-0.25, -0.2) is 18.9 Å². The predicted octanol–water partition coefficient (Wildman–Crippen LogP) is 1.43. The largest absolute Gasteiger partial charge is 0.251 e. The van der Waals surface area contributed by atoms with Crippen LogP contribution in [0.4, 0.5) is 0 Å². The van der Waals surface area contributed by atoms with Gasteiger partial charge in [0.05, 0.1) is 5.60 Å². The smallest absolute Gasteiger partial charge is 0.145 e. The molecule has 3 aliphatic rings. The van der Waals surface area contributed by atoms with Crippen molar-refractivity contribution in [1.29, 1.82) is 0 Å². The molecule has 1 N–H and O–H groups in total. The van der Waals surface area contributed by atoms with Gasteiger partial charge < -0.3 is 0 Å². The second-order valence-corrected chi connectivity index (χ2v) is 9.77. The molecule has 0 aromatic carbocycles. The van der Waals surface area contributed by atoms with E-state index in [0.717, 1.165) is 0 Å². The van der Waals surface area contributed by atoms with Gasteiger partial charge >= 0.3 is 0 Å². The Morgan fingerprint density at radius 3 is 1.29 bits per heavy atom. The van der Waals surface area contributed by atoms with Crippen LogP contribution < -0.4 is 0 Å². The first-order valence-corrected chi connectivity index (χ1v) is 8.73. The molecule has 0 aliphatic carbocycles. The zero-order chi connectivity index (χ0) is 12.7. The molecule has 3 rings (SSSR count). The molecule has 0 aromatic heterocycles. The van der Waals surface area contributed by atoms with Gasteiger partial charge in [-0.05, 0) is 32.6 Å². The molecular weight excluding hydrogens is 257 g/mol. The normalized spacial score (nSPS) is 25.2. The summed E-state index contributed by atoms with van der Waals surface area (Å²) < 4.78 is 7.47. The Kier molecular flexibility index (Phi) is 3.96. The summed E-state index contributed by atoms with van der Waals surface area (Å²) >= 11 is 5.75. The van der Waals surface area contributed by atoms with Crippen LogP contribution in [-0.4, -0.2) is 64.1 Å². The maximum Gasteiger partial charge on any atom is 0.145 e. The summed E-state index contributed by atoms with van der Waals surface area (Å²) in [6.45, 7) is 11.6. The van der Waals surface area contributed by atoms with Crippen molar-refractivity contribution in [3.05, 3.63) is 0 Å². The molecule has 0 saturated carbocycles. The third-order valence-corrected chi connectivity index (χ3v) is 8.14. The van der Waals surface area contributed by atoms with Gasteiger partial charge in [0.1, 0.15) is 6.49 Å². The molecule has 3 saturated heterocycles. The summed E-state index contributed by atoms with van der Waals surface area (Å²) in [5.74, 6) is 0. The molecule has 3 heterocycles. The first-order valence-electron chi connectivity index (χ1n) is 6.07. The SMILES string of the molecule is CC(C)(C)OO.S=P(N1CC1)(N1CC1)N1CC1. The maximum absolute atomic E-state index is 7.90. The first kappa shape index (κ1) is 13.9. The van der Waals surface area contributed by atoms with Crippen molar-refractivity contribution < 1.29 is 10.1 Å². The lowest BCUT2D eigenvalue weighted by molar-refractivity contribution is -0.306. The van der Waals surface area contributed by atoms with Crippen molar-refractivity contribution in [2.75, 3.05) is 39.3 Å². The van der Waals surface area contributed by atoms with Crippen LogP contribution in [0.5, 0.6) is 0 Å². The molecule has 3 fully saturated rings. The highest BCUT2D eigenvalue weighted by Crippen LogP contribution is 2.65. The van der Waals surface area contributed by atoms with Gasteiger partial charge in [-0.2, -0.15) is 0 Å². The molecule has 5 nitrogen and oxygen atoms in total. The van der Waals surface area contributed by atoms with E-state index in [4.69, 9.17) is 17.1 Å². The quantitative estimate of drug-likeness (QED) is 0.365. The zero-order valence-corrected chi connectivity index (χ0v) is 12.5. The summed E-state index contributed by atoms with van der Waals surface area (Å²) in [4.78, 5) is 3.94. The minimum absolute atomic E-state index is 0.403. The number of hydrogen-bond donors (Lipinski definition) is 1. The van der Waals surface area contributed by atoms with E-state index in [9.17, 15) is 0 Å². The highest BCUT2D eigenvalue weighted by molar-refractivity contribution is 8.11. The topological polar surface area (TPSA) is 38.5 Å². The lowest BCUT2D eigenvalue weighted by Gasteiger charge is -2.25. The van der Waals surface area contributed by atoms with Crippen molar-refractivity contribution in [2.24, 2.45) is 0 Å². The lowest BCUT2D eigenvalue weighted by Crippen LogP contribution is -2.15. The van der Waals surface area contributed by atoms with Gasteiger partial charge in [0.25, 0.3) is 0 Å². The van der Waals surface area contributed by atoms with Crippen molar-refractivity contribution in [1.82, 2.24) is 14.0 Å². The molecule has 0 unspecified atom stereocenters.